The van der Waals surface area contributed by atoms with Crippen LogP contribution in [-0.2, 0) is 6.54 Å². The van der Waals surface area contributed by atoms with Gasteiger partial charge >= 0.3 is 0 Å². The van der Waals surface area contributed by atoms with Crippen molar-refractivity contribution >= 4 is 39.0 Å². The summed E-state index contributed by atoms with van der Waals surface area (Å²) >= 11 is 5.75. The summed E-state index contributed by atoms with van der Waals surface area (Å²) in [4.78, 5) is 29.9. The average Bonchev–Trinajstić information content (AvgIpc) is 2.81. The molecule has 0 atom stereocenters. The lowest BCUT2D eigenvalue weighted by Gasteiger charge is -2.22. The first kappa shape index (κ1) is 23.6. The minimum Gasteiger partial charge on any atom is -0.404 e. The van der Waals surface area contributed by atoms with Crippen molar-refractivity contribution in [1.82, 2.24) is 14.9 Å². The van der Waals surface area contributed by atoms with Gasteiger partial charge in [-0.3, -0.25) is 20.0 Å². The van der Waals surface area contributed by atoms with Crippen LogP contribution in [0.4, 0.5) is 4.39 Å². The van der Waals surface area contributed by atoms with Gasteiger partial charge in [0.15, 0.2) is 0 Å². The molecule has 9 heteroatoms. The molecule has 1 amide bonds. The van der Waals surface area contributed by atoms with E-state index < -0.39 is 5.82 Å². The molecule has 0 radical (unpaired) electrons. The van der Waals surface area contributed by atoms with Crippen molar-refractivity contribution in [1.29, 1.82) is 5.41 Å². The van der Waals surface area contributed by atoms with E-state index in [1.165, 1.54) is 35.5 Å². The second kappa shape index (κ2) is 10.2. The number of hydrogen-bond donors (Lipinski definition) is 3. The molecule has 0 bridgehead atoms. The fourth-order valence-corrected chi connectivity index (χ4v) is 4.47. The van der Waals surface area contributed by atoms with E-state index in [1.54, 1.807) is 24.4 Å². The van der Waals surface area contributed by atoms with E-state index in [-0.39, 0.29) is 40.4 Å². The number of amides is 1. The molecule has 1 fully saturated rings. The first-order valence-corrected chi connectivity index (χ1v) is 11.5. The molecule has 7 nitrogen and oxygen atoms in total. The molecular formula is C25H25ClFN5O2. The number of rotatable bonds is 6. The molecule has 0 unspecified atom stereocenters. The zero-order valence-corrected chi connectivity index (χ0v) is 19.2. The topological polar surface area (TPSA) is 114 Å². The van der Waals surface area contributed by atoms with E-state index in [0.717, 1.165) is 25.7 Å². The van der Waals surface area contributed by atoms with Crippen LogP contribution in [0.15, 0.2) is 53.7 Å². The monoisotopic (exact) mass is 481 g/mol. The molecule has 2 heterocycles. The van der Waals surface area contributed by atoms with Gasteiger partial charge in [-0.15, -0.1) is 0 Å². The Kier molecular flexibility index (Phi) is 7.07. The maximum absolute atomic E-state index is 14.3. The van der Waals surface area contributed by atoms with Crippen LogP contribution < -0.4 is 16.6 Å². The number of allylic oxidation sites excluding steroid dienone is 1. The molecule has 34 heavy (non-hydrogen) atoms. The Morgan fingerprint density at radius 1 is 1.26 bits per heavy atom. The van der Waals surface area contributed by atoms with Gasteiger partial charge in [-0.2, -0.15) is 0 Å². The third-order valence-electron chi connectivity index (χ3n) is 6.05. The molecule has 4 N–H and O–H groups in total. The SMILES string of the molecule is N=C(Cl)/C(=C\N)c1cc2ccn(Cc3cc(F)cc(C(=O)NC4CCCCC4)c3)c(=O)c2cn1. The second-order valence-electron chi connectivity index (χ2n) is 8.46. The summed E-state index contributed by atoms with van der Waals surface area (Å²) in [6.45, 7) is 0.0955. The fourth-order valence-electron chi connectivity index (χ4n) is 4.31. The number of aromatic nitrogens is 2. The highest BCUT2D eigenvalue weighted by Crippen LogP contribution is 2.20. The minimum atomic E-state index is -0.531. The zero-order valence-electron chi connectivity index (χ0n) is 18.5. The largest absolute Gasteiger partial charge is 0.404 e. The summed E-state index contributed by atoms with van der Waals surface area (Å²) in [6, 6.07) is 7.62. The highest BCUT2D eigenvalue weighted by atomic mass is 35.5. The van der Waals surface area contributed by atoms with Crippen LogP contribution in [0.1, 0.15) is 53.7 Å². The van der Waals surface area contributed by atoms with Gasteiger partial charge in [-0.05, 0) is 54.1 Å². The number of hydrogen-bond acceptors (Lipinski definition) is 5. The lowest BCUT2D eigenvalue weighted by molar-refractivity contribution is 0.0927. The Hall–Kier alpha value is -3.52. The van der Waals surface area contributed by atoms with Crippen molar-refractivity contribution in [2.45, 2.75) is 44.7 Å². The maximum Gasteiger partial charge on any atom is 0.260 e. The van der Waals surface area contributed by atoms with Crippen molar-refractivity contribution in [2.75, 3.05) is 0 Å². The molecule has 1 saturated carbocycles. The summed E-state index contributed by atoms with van der Waals surface area (Å²) in [6.07, 6.45) is 9.40. The number of carbonyl (C=O) groups excluding carboxylic acids is 1. The van der Waals surface area contributed by atoms with Crippen molar-refractivity contribution in [3.8, 4) is 0 Å². The van der Waals surface area contributed by atoms with Gasteiger partial charge in [0.25, 0.3) is 11.5 Å². The Bertz CT molecular complexity index is 1340. The predicted molar refractivity (Wildman–Crippen MR) is 132 cm³/mol. The maximum atomic E-state index is 14.3. The first-order chi connectivity index (χ1) is 16.4. The highest BCUT2D eigenvalue weighted by molar-refractivity contribution is 6.75. The van der Waals surface area contributed by atoms with Crippen molar-refractivity contribution in [3.05, 3.63) is 81.9 Å². The molecule has 3 aromatic rings. The van der Waals surface area contributed by atoms with Gasteiger partial charge in [-0.1, -0.05) is 30.9 Å². The molecule has 1 aromatic carbocycles. The number of halogens is 2. The predicted octanol–water partition coefficient (Wildman–Crippen LogP) is 4.16. The Labute approximate surface area is 201 Å². The third-order valence-corrected chi connectivity index (χ3v) is 6.26. The van der Waals surface area contributed by atoms with Gasteiger partial charge in [0, 0.05) is 30.2 Å². The fraction of sp³-hybridized carbons (Fsp3) is 0.280. The molecule has 1 aliphatic carbocycles. The minimum absolute atomic E-state index is 0.0955. The van der Waals surface area contributed by atoms with E-state index in [0.29, 0.717) is 22.0 Å². The van der Waals surface area contributed by atoms with E-state index in [1.807, 2.05) is 0 Å². The van der Waals surface area contributed by atoms with Crippen LogP contribution in [0.25, 0.3) is 16.3 Å². The van der Waals surface area contributed by atoms with Crippen LogP contribution in [0.2, 0.25) is 0 Å². The molecule has 176 valence electrons. The number of nitrogens with zero attached hydrogens (tertiary/aromatic N) is 2. The summed E-state index contributed by atoms with van der Waals surface area (Å²) < 4.78 is 15.8. The number of pyridine rings is 2. The number of benzene rings is 1. The molecule has 2 aromatic heterocycles. The highest BCUT2D eigenvalue weighted by Gasteiger charge is 2.18. The van der Waals surface area contributed by atoms with Crippen molar-refractivity contribution in [2.24, 2.45) is 5.73 Å². The van der Waals surface area contributed by atoms with Gasteiger partial charge in [0.1, 0.15) is 11.0 Å². The molecule has 0 spiro atoms. The molecular weight excluding hydrogens is 457 g/mol. The summed E-state index contributed by atoms with van der Waals surface area (Å²) in [7, 11) is 0. The summed E-state index contributed by atoms with van der Waals surface area (Å²) in [5, 5.41) is 11.3. The number of fused-ring (bicyclic) bond motifs is 1. The van der Waals surface area contributed by atoms with Crippen molar-refractivity contribution < 1.29 is 9.18 Å². The van der Waals surface area contributed by atoms with Crippen LogP contribution in [0, 0.1) is 11.2 Å². The van der Waals surface area contributed by atoms with Crippen LogP contribution >= 0.6 is 11.6 Å². The van der Waals surface area contributed by atoms with Gasteiger partial charge < -0.3 is 15.6 Å². The molecule has 0 saturated heterocycles. The van der Waals surface area contributed by atoms with E-state index >= 15 is 0 Å². The van der Waals surface area contributed by atoms with Crippen LogP contribution in [0.5, 0.6) is 0 Å². The van der Waals surface area contributed by atoms with E-state index in [9.17, 15) is 14.0 Å². The quantitative estimate of drug-likeness (QED) is 0.458. The van der Waals surface area contributed by atoms with Crippen LogP contribution in [0.3, 0.4) is 0 Å². The lowest BCUT2D eigenvalue weighted by Crippen LogP contribution is -2.36. The number of carbonyl (C=O) groups is 1. The Balaban J connectivity index is 1.59. The molecule has 4 rings (SSSR count). The molecule has 0 aliphatic heterocycles. The summed E-state index contributed by atoms with van der Waals surface area (Å²) in [5.74, 6) is -0.833. The van der Waals surface area contributed by atoms with Gasteiger partial charge in [0.2, 0.25) is 0 Å². The zero-order chi connectivity index (χ0) is 24.2. The Morgan fingerprint density at radius 2 is 2.03 bits per heavy atom. The van der Waals surface area contributed by atoms with Crippen LogP contribution in [-0.4, -0.2) is 26.7 Å². The second-order valence-corrected chi connectivity index (χ2v) is 8.83. The number of nitrogens with two attached hydrogens (primary N) is 1. The Morgan fingerprint density at radius 3 is 2.74 bits per heavy atom. The van der Waals surface area contributed by atoms with Crippen molar-refractivity contribution in [3.63, 3.8) is 0 Å². The number of nitrogens with one attached hydrogen (secondary N) is 2. The average molecular weight is 482 g/mol. The smallest absolute Gasteiger partial charge is 0.260 e. The van der Waals surface area contributed by atoms with E-state index in [4.69, 9.17) is 22.7 Å². The van der Waals surface area contributed by atoms with E-state index in [2.05, 4.69) is 10.3 Å². The summed E-state index contributed by atoms with van der Waals surface area (Å²) in [5.41, 5.74) is 6.60. The van der Waals surface area contributed by atoms with Gasteiger partial charge in [0.05, 0.1) is 23.2 Å². The third kappa shape index (κ3) is 5.17. The normalized spacial score (nSPS) is 14.8. The molecule has 1 aliphatic rings. The standard InChI is InChI=1S/C25H25ClFN5O2/c26-23(29)20(12-28)22-11-16-6-7-32(25(34)21(16)13-30-22)14-15-8-17(10-18(27)9-15)24(33)31-19-4-2-1-3-5-19/h6-13,19,29H,1-5,14,28H2,(H,31,33)/b20-12-,29-23?. The lowest BCUT2D eigenvalue weighted by atomic mass is 9.95. The first-order valence-electron chi connectivity index (χ1n) is 11.1. The van der Waals surface area contributed by atoms with Gasteiger partial charge in [-0.25, -0.2) is 4.39 Å².